The molecule has 1 aromatic carbocycles. The Kier molecular flexibility index (Phi) is 4.17. The van der Waals surface area contributed by atoms with Gasteiger partial charge < -0.3 is 9.47 Å². The second-order valence-electron chi connectivity index (χ2n) is 7.32. The fraction of sp³-hybridized carbons (Fsp3) is 0.450. The molecular formula is C20H25N5O2. The van der Waals surface area contributed by atoms with Crippen molar-refractivity contribution in [3.8, 4) is 0 Å². The standard InChI is InChI=1S/C20H25N5O2/c1-5-14-7-9-15(10-8-14)24-11-13(3)12-25-16-17(21-19(24)25)22(4)20(27)23(6-2)18(16)26/h7-10,13H,5-6,11-12H2,1-4H3/t13-/m1/s1. The van der Waals surface area contributed by atoms with Gasteiger partial charge in [-0.3, -0.25) is 13.9 Å². The molecule has 27 heavy (non-hydrogen) atoms. The number of aromatic nitrogens is 4. The average molecular weight is 367 g/mol. The minimum Gasteiger partial charge on any atom is -0.312 e. The maximum atomic E-state index is 13.0. The fourth-order valence-corrected chi connectivity index (χ4v) is 3.91. The van der Waals surface area contributed by atoms with E-state index >= 15 is 0 Å². The van der Waals surface area contributed by atoms with E-state index in [-0.39, 0.29) is 11.2 Å². The van der Waals surface area contributed by atoms with Crippen LogP contribution in [0.5, 0.6) is 0 Å². The zero-order valence-electron chi connectivity index (χ0n) is 16.3. The minimum atomic E-state index is -0.322. The second kappa shape index (κ2) is 6.40. The highest BCUT2D eigenvalue weighted by atomic mass is 16.2. The first kappa shape index (κ1) is 17.6. The lowest BCUT2D eigenvalue weighted by Gasteiger charge is -2.33. The van der Waals surface area contributed by atoms with Gasteiger partial charge in [0.1, 0.15) is 0 Å². The zero-order chi connectivity index (χ0) is 19.3. The Balaban J connectivity index is 1.98. The number of rotatable bonds is 3. The first-order valence-corrected chi connectivity index (χ1v) is 9.52. The smallest absolute Gasteiger partial charge is 0.312 e. The molecule has 7 nitrogen and oxygen atoms in total. The lowest BCUT2D eigenvalue weighted by atomic mass is 10.1. The minimum absolute atomic E-state index is 0.260. The molecule has 3 heterocycles. The largest absolute Gasteiger partial charge is 0.332 e. The predicted molar refractivity (Wildman–Crippen MR) is 107 cm³/mol. The van der Waals surface area contributed by atoms with Crippen LogP contribution < -0.4 is 16.1 Å². The van der Waals surface area contributed by atoms with Crippen molar-refractivity contribution >= 4 is 22.8 Å². The van der Waals surface area contributed by atoms with Crippen molar-refractivity contribution < 1.29 is 0 Å². The van der Waals surface area contributed by atoms with Crippen molar-refractivity contribution in [2.75, 3.05) is 11.4 Å². The van der Waals surface area contributed by atoms with Crippen molar-refractivity contribution in [1.29, 1.82) is 0 Å². The van der Waals surface area contributed by atoms with E-state index in [2.05, 4.69) is 43.0 Å². The molecule has 0 aliphatic carbocycles. The van der Waals surface area contributed by atoms with Crippen LogP contribution in [0.4, 0.5) is 11.6 Å². The molecule has 0 saturated carbocycles. The van der Waals surface area contributed by atoms with Crippen LogP contribution in [0.3, 0.4) is 0 Å². The Morgan fingerprint density at radius 2 is 1.81 bits per heavy atom. The van der Waals surface area contributed by atoms with Crippen molar-refractivity contribution in [2.24, 2.45) is 13.0 Å². The van der Waals surface area contributed by atoms with Gasteiger partial charge in [-0.05, 0) is 37.0 Å². The van der Waals surface area contributed by atoms with E-state index in [1.54, 1.807) is 7.05 Å². The van der Waals surface area contributed by atoms with Gasteiger partial charge in [-0.1, -0.05) is 26.0 Å². The molecule has 3 aromatic rings. The zero-order valence-corrected chi connectivity index (χ0v) is 16.3. The van der Waals surface area contributed by atoms with Gasteiger partial charge in [0.15, 0.2) is 11.2 Å². The summed E-state index contributed by atoms with van der Waals surface area (Å²) in [6.45, 7) is 8.00. The topological polar surface area (TPSA) is 65.1 Å². The molecule has 1 atom stereocenters. The normalized spacial score (nSPS) is 16.7. The third-order valence-electron chi connectivity index (χ3n) is 5.41. The van der Waals surface area contributed by atoms with Crippen molar-refractivity contribution in [3.63, 3.8) is 0 Å². The molecule has 142 valence electrons. The molecule has 0 fully saturated rings. The van der Waals surface area contributed by atoms with Crippen LogP contribution in [0.1, 0.15) is 26.3 Å². The molecule has 0 saturated heterocycles. The van der Waals surface area contributed by atoms with Gasteiger partial charge in [-0.25, -0.2) is 4.79 Å². The maximum Gasteiger partial charge on any atom is 0.332 e. The van der Waals surface area contributed by atoms with Gasteiger partial charge in [-0.2, -0.15) is 4.98 Å². The highest BCUT2D eigenvalue weighted by Crippen LogP contribution is 2.32. The maximum absolute atomic E-state index is 13.0. The molecule has 4 rings (SSSR count). The quantitative estimate of drug-likeness (QED) is 0.712. The van der Waals surface area contributed by atoms with E-state index in [1.807, 2.05) is 11.5 Å². The van der Waals surface area contributed by atoms with E-state index in [4.69, 9.17) is 4.98 Å². The van der Waals surface area contributed by atoms with E-state index in [0.717, 1.165) is 24.6 Å². The molecule has 7 heteroatoms. The number of benzene rings is 1. The molecule has 1 aliphatic rings. The van der Waals surface area contributed by atoms with Crippen LogP contribution in [-0.4, -0.2) is 25.2 Å². The monoisotopic (exact) mass is 367 g/mol. The Morgan fingerprint density at radius 1 is 1.11 bits per heavy atom. The van der Waals surface area contributed by atoms with Gasteiger partial charge in [0.05, 0.1) is 0 Å². The number of hydrogen-bond acceptors (Lipinski definition) is 4. The van der Waals surface area contributed by atoms with Crippen LogP contribution in [-0.2, 0) is 26.6 Å². The third kappa shape index (κ3) is 2.60. The molecule has 0 spiro atoms. The van der Waals surface area contributed by atoms with Crippen LogP contribution in [0.25, 0.3) is 11.2 Å². The van der Waals surface area contributed by atoms with Gasteiger partial charge >= 0.3 is 5.69 Å². The summed E-state index contributed by atoms with van der Waals surface area (Å²) in [5.41, 5.74) is 2.72. The number of aryl methyl sites for hydroxylation is 2. The molecular weight excluding hydrogens is 342 g/mol. The van der Waals surface area contributed by atoms with Crippen LogP contribution in [0, 0.1) is 5.92 Å². The highest BCUT2D eigenvalue weighted by Gasteiger charge is 2.29. The van der Waals surface area contributed by atoms with E-state index < -0.39 is 0 Å². The number of hydrogen-bond donors (Lipinski definition) is 0. The van der Waals surface area contributed by atoms with E-state index in [1.165, 1.54) is 14.7 Å². The molecule has 2 aromatic heterocycles. The van der Waals surface area contributed by atoms with Gasteiger partial charge in [0.2, 0.25) is 5.95 Å². The highest BCUT2D eigenvalue weighted by molar-refractivity contribution is 5.77. The predicted octanol–water partition coefficient (Wildman–Crippen LogP) is 2.27. The van der Waals surface area contributed by atoms with Crippen molar-refractivity contribution in [2.45, 2.75) is 40.3 Å². The van der Waals surface area contributed by atoms with Crippen LogP contribution >= 0.6 is 0 Å². The average Bonchev–Trinajstić information content (AvgIpc) is 3.06. The van der Waals surface area contributed by atoms with Crippen LogP contribution in [0.2, 0.25) is 0 Å². The molecule has 0 bridgehead atoms. The summed E-state index contributed by atoms with van der Waals surface area (Å²) in [6.07, 6.45) is 0.994. The molecule has 1 aliphatic heterocycles. The lowest BCUT2D eigenvalue weighted by Crippen LogP contribution is -2.40. The molecule has 0 N–H and O–H groups in total. The lowest BCUT2D eigenvalue weighted by molar-refractivity contribution is 0.458. The number of imidazole rings is 1. The Bertz CT molecular complexity index is 1120. The summed E-state index contributed by atoms with van der Waals surface area (Å²) in [6, 6.07) is 8.46. The van der Waals surface area contributed by atoms with E-state index in [0.29, 0.717) is 30.2 Å². The third-order valence-corrected chi connectivity index (χ3v) is 5.41. The first-order valence-electron chi connectivity index (χ1n) is 9.52. The SMILES string of the molecule is CCc1ccc(N2C[C@@H](C)Cn3c2nc2c3c(=O)n(CC)c(=O)n2C)cc1. The summed E-state index contributed by atoms with van der Waals surface area (Å²) in [7, 11) is 1.68. The summed E-state index contributed by atoms with van der Waals surface area (Å²) < 4.78 is 4.73. The summed E-state index contributed by atoms with van der Waals surface area (Å²) in [4.78, 5) is 32.3. The van der Waals surface area contributed by atoms with Gasteiger partial charge in [0, 0.05) is 32.4 Å². The van der Waals surface area contributed by atoms with Gasteiger partial charge in [0.25, 0.3) is 5.56 Å². The summed E-state index contributed by atoms with van der Waals surface area (Å²) >= 11 is 0. The molecule has 0 radical (unpaired) electrons. The van der Waals surface area contributed by atoms with Crippen molar-refractivity contribution in [3.05, 3.63) is 50.7 Å². The number of fused-ring (bicyclic) bond motifs is 3. The van der Waals surface area contributed by atoms with Crippen molar-refractivity contribution in [1.82, 2.24) is 18.7 Å². The van der Waals surface area contributed by atoms with Gasteiger partial charge in [-0.15, -0.1) is 0 Å². The number of anilines is 2. The Labute approximate surface area is 157 Å². The summed E-state index contributed by atoms with van der Waals surface area (Å²) in [5.74, 6) is 1.08. The fourth-order valence-electron chi connectivity index (χ4n) is 3.91. The first-order chi connectivity index (χ1) is 13.0. The molecule has 0 unspecified atom stereocenters. The summed E-state index contributed by atoms with van der Waals surface area (Å²) in [5, 5.41) is 0. The van der Waals surface area contributed by atoms with E-state index in [9.17, 15) is 9.59 Å². The second-order valence-corrected chi connectivity index (χ2v) is 7.32. The van der Waals surface area contributed by atoms with Crippen LogP contribution in [0.15, 0.2) is 33.9 Å². The Hall–Kier alpha value is -2.83. The molecule has 0 amide bonds. The number of nitrogens with zero attached hydrogens (tertiary/aromatic N) is 5. The Morgan fingerprint density at radius 3 is 2.44 bits per heavy atom.